The number of likely N-dealkylation sites (tertiary alicyclic amines) is 1. The maximum atomic E-state index is 13.0. The van der Waals surface area contributed by atoms with Gasteiger partial charge in [-0.15, -0.1) is 11.3 Å². The van der Waals surface area contributed by atoms with Crippen LogP contribution in [0, 0.1) is 18.8 Å². The standard InChI is InChI=1S/C19H27N3O3S2/c1-12(2)18(19(23)22-9-7-13(3)8-10-22)21-27(24,25)15-5-6-16-17(11-15)26-14(4)20-16/h5-6,11-13,18,21H,7-10H2,1-4H3/t18-/m1/s1. The molecule has 1 aliphatic heterocycles. The number of nitrogens with one attached hydrogen (secondary N) is 1. The van der Waals surface area contributed by atoms with Gasteiger partial charge in [0.2, 0.25) is 15.9 Å². The van der Waals surface area contributed by atoms with E-state index in [1.54, 1.807) is 23.1 Å². The zero-order valence-electron chi connectivity index (χ0n) is 16.2. The van der Waals surface area contributed by atoms with E-state index in [0.717, 1.165) is 28.1 Å². The van der Waals surface area contributed by atoms with Gasteiger partial charge in [-0.25, -0.2) is 13.4 Å². The van der Waals surface area contributed by atoms with Gasteiger partial charge in [0, 0.05) is 13.1 Å². The number of amides is 1. The van der Waals surface area contributed by atoms with Gasteiger partial charge in [0.05, 0.1) is 20.1 Å². The molecule has 0 aliphatic carbocycles. The van der Waals surface area contributed by atoms with Gasteiger partial charge in [-0.3, -0.25) is 4.79 Å². The minimum atomic E-state index is -3.80. The highest BCUT2D eigenvalue weighted by Crippen LogP contribution is 2.25. The number of nitrogens with zero attached hydrogens (tertiary/aromatic N) is 2. The number of sulfonamides is 1. The van der Waals surface area contributed by atoms with Crippen LogP contribution < -0.4 is 4.72 Å². The van der Waals surface area contributed by atoms with Crippen LogP contribution in [0.4, 0.5) is 0 Å². The molecule has 1 aliphatic rings. The summed E-state index contributed by atoms with van der Waals surface area (Å²) >= 11 is 1.46. The highest BCUT2D eigenvalue weighted by molar-refractivity contribution is 7.89. The summed E-state index contributed by atoms with van der Waals surface area (Å²) in [5.41, 5.74) is 0.787. The van der Waals surface area contributed by atoms with Crippen molar-refractivity contribution < 1.29 is 13.2 Å². The molecule has 0 bridgehead atoms. The van der Waals surface area contributed by atoms with Crippen molar-refractivity contribution in [2.24, 2.45) is 11.8 Å². The second-order valence-corrected chi connectivity index (χ2v) is 10.7. The summed E-state index contributed by atoms with van der Waals surface area (Å²) in [4.78, 5) is 19.3. The molecule has 1 N–H and O–H groups in total. The Labute approximate surface area is 165 Å². The molecule has 2 aromatic rings. The molecule has 148 valence electrons. The highest BCUT2D eigenvalue weighted by Gasteiger charge is 2.33. The van der Waals surface area contributed by atoms with Crippen molar-refractivity contribution in [1.29, 1.82) is 0 Å². The third-order valence-corrected chi connectivity index (χ3v) is 7.46. The Bertz CT molecular complexity index is 929. The van der Waals surface area contributed by atoms with Crippen LogP contribution >= 0.6 is 11.3 Å². The smallest absolute Gasteiger partial charge is 0.241 e. The van der Waals surface area contributed by atoms with Gasteiger partial charge in [0.15, 0.2) is 0 Å². The first kappa shape index (κ1) is 20.2. The first-order chi connectivity index (χ1) is 12.7. The van der Waals surface area contributed by atoms with Crippen molar-refractivity contribution in [3.8, 4) is 0 Å². The number of rotatable bonds is 5. The fourth-order valence-electron chi connectivity index (χ4n) is 3.32. The molecule has 1 aromatic carbocycles. The van der Waals surface area contributed by atoms with Gasteiger partial charge in [-0.2, -0.15) is 4.72 Å². The monoisotopic (exact) mass is 409 g/mol. The van der Waals surface area contributed by atoms with Gasteiger partial charge in [0.25, 0.3) is 0 Å². The van der Waals surface area contributed by atoms with E-state index in [2.05, 4.69) is 16.6 Å². The molecule has 0 unspecified atom stereocenters. The molecular weight excluding hydrogens is 382 g/mol. The van der Waals surface area contributed by atoms with E-state index in [-0.39, 0.29) is 16.7 Å². The first-order valence-electron chi connectivity index (χ1n) is 9.35. The van der Waals surface area contributed by atoms with E-state index in [9.17, 15) is 13.2 Å². The number of hydrogen-bond donors (Lipinski definition) is 1. The molecule has 1 atom stereocenters. The first-order valence-corrected chi connectivity index (χ1v) is 11.7. The molecule has 1 saturated heterocycles. The number of carbonyl (C=O) groups excluding carboxylic acids is 1. The molecule has 1 fully saturated rings. The van der Waals surface area contributed by atoms with Gasteiger partial charge in [-0.1, -0.05) is 20.8 Å². The molecule has 1 amide bonds. The summed E-state index contributed by atoms with van der Waals surface area (Å²) in [6, 6.07) is 4.13. The number of thiazole rings is 1. The summed E-state index contributed by atoms with van der Waals surface area (Å²) in [6.07, 6.45) is 1.93. The number of aromatic nitrogens is 1. The fraction of sp³-hybridized carbons (Fsp3) is 0.579. The third kappa shape index (κ3) is 4.50. The number of benzene rings is 1. The van der Waals surface area contributed by atoms with Crippen molar-refractivity contribution in [3.05, 3.63) is 23.2 Å². The Morgan fingerprint density at radius 3 is 2.59 bits per heavy atom. The van der Waals surface area contributed by atoms with Gasteiger partial charge >= 0.3 is 0 Å². The Balaban J connectivity index is 1.82. The lowest BCUT2D eigenvalue weighted by atomic mass is 9.97. The second kappa shape index (κ2) is 7.85. The fourth-order valence-corrected chi connectivity index (χ4v) is 5.62. The average molecular weight is 410 g/mol. The maximum Gasteiger partial charge on any atom is 0.241 e. The predicted molar refractivity (Wildman–Crippen MR) is 108 cm³/mol. The summed E-state index contributed by atoms with van der Waals surface area (Å²) in [5.74, 6) is 0.342. The van der Waals surface area contributed by atoms with Gasteiger partial charge < -0.3 is 4.90 Å². The van der Waals surface area contributed by atoms with Gasteiger partial charge in [-0.05, 0) is 49.8 Å². The van der Waals surface area contributed by atoms with Crippen LogP contribution in [0.3, 0.4) is 0 Å². The van der Waals surface area contributed by atoms with Crippen LogP contribution in [-0.2, 0) is 14.8 Å². The Kier molecular flexibility index (Phi) is 5.88. The van der Waals surface area contributed by atoms with Gasteiger partial charge in [0.1, 0.15) is 6.04 Å². The number of piperidine rings is 1. The summed E-state index contributed by atoms with van der Waals surface area (Å²) < 4.78 is 29.4. The molecule has 27 heavy (non-hydrogen) atoms. The molecule has 6 nitrogen and oxygen atoms in total. The topological polar surface area (TPSA) is 79.4 Å². The average Bonchev–Trinajstić information content (AvgIpc) is 2.98. The van der Waals surface area contributed by atoms with E-state index < -0.39 is 16.1 Å². The molecule has 3 rings (SSSR count). The van der Waals surface area contributed by atoms with E-state index in [4.69, 9.17) is 0 Å². The van der Waals surface area contributed by atoms with E-state index >= 15 is 0 Å². The summed E-state index contributed by atoms with van der Waals surface area (Å²) in [5, 5.41) is 0.891. The van der Waals surface area contributed by atoms with Crippen LogP contribution in [0.5, 0.6) is 0 Å². The summed E-state index contributed by atoms with van der Waals surface area (Å²) in [7, 11) is -3.80. The summed E-state index contributed by atoms with van der Waals surface area (Å²) in [6.45, 7) is 9.20. The van der Waals surface area contributed by atoms with Crippen molar-refractivity contribution >= 4 is 37.5 Å². The molecule has 0 spiro atoms. The van der Waals surface area contributed by atoms with Crippen LogP contribution in [0.25, 0.3) is 10.2 Å². The Hall–Kier alpha value is -1.51. The Morgan fingerprint density at radius 2 is 1.96 bits per heavy atom. The molecule has 0 radical (unpaired) electrons. The largest absolute Gasteiger partial charge is 0.341 e. The molecule has 1 aromatic heterocycles. The quantitative estimate of drug-likeness (QED) is 0.823. The van der Waals surface area contributed by atoms with E-state index in [1.165, 1.54) is 11.3 Å². The maximum absolute atomic E-state index is 13.0. The minimum Gasteiger partial charge on any atom is -0.341 e. The van der Waals surface area contributed by atoms with Crippen LogP contribution in [-0.4, -0.2) is 43.3 Å². The zero-order chi connectivity index (χ0) is 19.8. The number of fused-ring (bicyclic) bond motifs is 1. The lowest BCUT2D eigenvalue weighted by Gasteiger charge is -2.34. The number of aryl methyl sites for hydroxylation is 1. The molecule has 0 saturated carbocycles. The van der Waals surface area contributed by atoms with Crippen molar-refractivity contribution in [1.82, 2.24) is 14.6 Å². The number of hydrogen-bond acceptors (Lipinski definition) is 5. The second-order valence-electron chi connectivity index (χ2n) is 7.71. The lowest BCUT2D eigenvalue weighted by molar-refractivity contribution is -0.135. The Morgan fingerprint density at radius 1 is 1.30 bits per heavy atom. The SMILES string of the molecule is Cc1nc2ccc(S(=O)(=O)N[C@@H](C(=O)N3CCC(C)CC3)C(C)C)cc2s1. The van der Waals surface area contributed by atoms with Crippen LogP contribution in [0.1, 0.15) is 38.6 Å². The number of carbonyl (C=O) groups is 1. The highest BCUT2D eigenvalue weighted by atomic mass is 32.2. The minimum absolute atomic E-state index is 0.129. The lowest BCUT2D eigenvalue weighted by Crippen LogP contribution is -2.52. The molecule has 8 heteroatoms. The molecule has 2 heterocycles. The van der Waals surface area contributed by atoms with Crippen molar-refractivity contribution in [3.63, 3.8) is 0 Å². The van der Waals surface area contributed by atoms with Crippen LogP contribution in [0.2, 0.25) is 0 Å². The van der Waals surface area contributed by atoms with E-state index in [1.807, 2.05) is 20.8 Å². The van der Waals surface area contributed by atoms with E-state index in [0.29, 0.717) is 19.0 Å². The third-order valence-electron chi connectivity index (χ3n) is 5.09. The van der Waals surface area contributed by atoms with Crippen molar-refractivity contribution in [2.45, 2.75) is 51.5 Å². The predicted octanol–water partition coefficient (Wildman–Crippen LogP) is 3.17. The van der Waals surface area contributed by atoms with Crippen LogP contribution in [0.15, 0.2) is 23.1 Å². The zero-order valence-corrected chi connectivity index (χ0v) is 17.9. The molecular formula is C19H27N3O3S2. The van der Waals surface area contributed by atoms with Crippen molar-refractivity contribution in [2.75, 3.05) is 13.1 Å². The normalized spacial score (nSPS) is 17.6.